The lowest BCUT2D eigenvalue weighted by Gasteiger charge is -2.27. The molecule has 1 fully saturated rings. The largest absolute Gasteiger partial charge is 0.465 e. The number of amides is 1. The standard InChI is InChI=1S/C14H19NO4/c16-13(12-7-4-8-19-12)11(15-14(17)18)9-10-5-2-1-3-6-10/h1-3,5-6,11-13,15-16H,4,7-9H2,(H,17,18)/t11-,12-,13+/m0/s1. The van der Waals surface area contributed by atoms with Crippen LogP contribution in [0.15, 0.2) is 30.3 Å². The number of carboxylic acid groups (broad SMARTS) is 1. The Balaban J connectivity index is 2.04. The Morgan fingerprint density at radius 1 is 1.42 bits per heavy atom. The molecule has 0 radical (unpaired) electrons. The molecule has 1 aliphatic rings. The molecule has 1 heterocycles. The van der Waals surface area contributed by atoms with Crippen LogP contribution in [0.3, 0.4) is 0 Å². The van der Waals surface area contributed by atoms with Gasteiger partial charge in [0.25, 0.3) is 0 Å². The van der Waals surface area contributed by atoms with Crippen molar-refractivity contribution in [3.63, 3.8) is 0 Å². The number of benzene rings is 1. The summed E-state index contributed by atoms with van der Waals surface area (Å²) in [6.07, 6.45) is -0.0910. The maximum atomic E-state index is 10.9. The normalized spacial score (nSPS) is 21.8. The third-order valence-electron chi connectivity index (χ3n) is 3.37. The van der Waals surface area contributed by atoms with Gasteiger partial charge < -0.3 is 20.3 Å². The molecule has 0 aliphatic carbocycles. The average Bonchev–Trinajstić information content (AvgIpc) is 2.91. The molecule has 3 atom stereocenters. The molecule has 1 saturated heterocycles. The third-order valence-corrected chi connectivity index (χ3v) is 3.37. The lowest BCUT2D eigenvalue weighted by molar-refractivity contribution is -0.0195. The number of ether oxygens (including phenoxy) is 1. The molecule has 5 nitrogen and oxygen atoms in total. The van der Waals surface area contributed by atoms with Gasteiger partial charge in [0.15, 0.2) is 0 Å². The molecule has 1 aromatic rings. The molecule has 2 rings (SSSR count). The minimum atomic E-state index is -1.13. The fraction of sp³-hybridized carbons (Fsp3) is 0.500. The zero-order valence-electron chi connectivity index (χ0n) is 10.7. The minimum Gasteiger partial charge on any atom is -0.465 e. The van der Waals surface area contributed by atoms with Gasteiger partial charge >= 0.3 is 6.09 Å². The number of nitrogens with one attached hydrogen (secondary N) is 1. The van der Waals surface area contributed by atoms with Crippen molar-refractivity contribution >= 4 is 6.09 Å². The quantitative estimate of drug-likeness (QED) is 0.752. The number of aliphatic hydroxyl groups is 1. The second-order valence-corrected chi connectivity index (χ2v) is 4.79. The Hall–Kier alpha value is -1.59. The van der Waals surface area contributed by atoms with E-state index in [2.05, 4.69) is 5.32 Å². The van der Waals surface area contributed by atoms with E-state index in [1.165, 1.54) is 0 Å². The van der Waals surface area contributed by atoms with Gasteiger partial charge in [-0.15, -0.1) is 0 Å². The van der Waals surface area contributed by atoms with Gasteiger partial charge in [-0.1, -0.05) is 30.3 Å². The lowest BCUT2D eigenvalue weighted by atomic mass is 9.96. The molecule has 104 valence electrons. The van der Waals surface area contributed by atoms with Gasteiger partial charge in [0.05, 0.1) is 12.1 Å². The lowest BCUT2D eigenvalue weighted by Crippen LogP contribution is -2.49. The molecule has 0 spiro atoms. The van der Waals surface area contributed by atoms with Crippen molar-refractivity contribution in [1.82, 2.24) is 5.32 Å². The van der Waals surface area contributed by atoms with Crippen molar-refractivity contribution in [2.75, 3.05) is 6.61 Å². The summed E-state index contributed by atoms with van der Waals surface area (Å²) in [6, 6.07) is 8.97. The molecular weight excluding hydrogens is 246 g/mol. The molecule has 1 aliphatic heterocycles. The highest BCUT2D eigenvalue weighted by Crippen LogP contribution is 2.19. The molecule has 1 amide bonds. The van der Waals surface area contributed by atoms with Crippen LogP contribution in [0.1, 0.15) is 18.4 Å². The van der Waals surface area contributed by atoms with Crippen molar-refractivity contribution in [2.45, 2.75) is 37.5 Å². The highest BCUT2D eigenvalue weighted by atomic mass is 16.5. The van der Waals surface area contributed by atoms with E-state index in [0.29, 0.717) is 13.0 Å². The zero-order valence-corrected chi connectivity index (χ0v) is 10.7. The summed E-state index contributed by atoms with van der Waals surface area (Å²) in [5.74, 6) is 0. The Bertz CT molecular complexity index is 403. The molecule has 19 heavy (non-hydrogen) atoms. The second kappa shape index (κ2) is 6.54. The van der Waals surface area contributed by atoms with E-state index in [9.17, 15) is 9.90 Å². The minimum absolute atomic E-state index is 0.277. The number of aliphatic hydroxyl groups excluding tert-OH is 1. The fourth-order valence-corrected chi connectivity index (χ4v) is 2.41. The van der Waals surface area contributed by atoms with Crippen LogP contribution in [-0.2, 0) is 11.2 Å². The highest BCUT2D eigenvalue weighted by molar-refractivity contribution is 5.65. The van der Waals surface area contributed by atoms with Gasteiger partial charge in [0.1, 0.15) is 6.10 Å². The van der Waals surface area contributed by atoms with Crippen molar-refractivity contribution in [2.24, 2.45) is 0 Å². The molecule has 3 N–H and O–H groups in total. The van der Waals surface area contributed by atoms with Crippen molar-refractivity contribution in [3.8, 4) is 0 Å². The van der Waals surface area contributed by atoms with Crippen LogP contribution in [0.4, 0.5) is 4.79 Å². The van der Waals surface area contributed by atoms with E-state index in [1.807, 2.05) is 30.3 Å². The molecule has 0 unspecified atom stereocenters. The molecule has 1 aromatic carbocycles. The van der Waals surface area contributed by atoms with Crippen LogP contribution in [-0.4, -0.2) is 41.2 Å². The summed E-state index contributed by atoms with van der Waals surface area (Å²) in [7, 11) is 0. The van der Waals surface area contributed by atoms with E-state index in [1.54, 1.807) is 0 Å². The second-order valence-electron chi connectivity index (χ2n) is 4.79. The molecule has 0 aromatic heterocycles. The van der Waals surface area contributed by atoms with E-state index in [0.717, 1.165) is 18.4 Å². The van der Waals surface area contributed by atoms with E-state index in [-0.39, 0.29) is 6.10 Å². The molecule has 0 bridgehead atoms. The first kappa shape index (κ1) is 13.8. The predicted octanol–water partition coefficient (Wildman–Crippen LogP) is 1.41. The third kappa shape index (κ3) is 3.94. The summed E-state index contributed by atoms with van der Waals surface area (Å²) in [4.78, 5) is 10.9. The molecule has 0 saturated carbocycles. The van der Waals surface area contributed by atoms with Crippen LogP contribution in [0, 0.1) is 0 Å². The van der Waals surface area contributed by atoms with Gasteiger partial charge in [-0.3, -0.25) is 0 Å². The van der Waals surface area contributed by atoms with Gasteiger partial charge in [-0.25, -0.2) is 4.79 Å². The Labute approximate surface area is 112 Å². The summed E-state index contributed by atoms with van der Waals surface area (Å²) in [5.41, 5.74) is 0.985. The van der Waals surface area contributed by atoms with Crippen LogP contribution in [0.2, 0.25) is 0 Å². The number of rotatable bonds is 5. The van der Waals surface area contributed by atoms with Crippen LogP contribution in [0.5, 0.6) is 0 Å². The smallest absolute Gasteiger partial charge is 0.404 e. The maximum Gasteiger partial charge on any atom is 0.404 e. The van der Waals surface area contributed by atoms with Gasteiger partial charge in [-0.2, -0.15) is 0 Å². The van der Waals surface area contributed by atoms with E-state index >= 15 is 0 Å². The zero-order chi connectivity index (χ0) is 13.7. The summed E-state index contributed by atoms with van der Waals surface area (Å²) >= 11 is 0. The molecule has 5 heteroatoms. The Morgan fingerprint density at radius 3 is 2.74 bits per heavy atom. The first-order valence-corrected chi connectivity index (χ1v) is 6.50. The van der Waals surface area contributed by atoms with Gasteiger partial charge in [0.2, 0.25) is 0 Å². The predicted molar refractivity (Wildman–Crippen MR) is 70.1 cm³/mol. The Kier molecular flexibility index (Phi) is 4.76. The number of carbonyl (C=O) groups is 1. The van der Waals surface area contributed by atoms with E-state index in [4.69, 9.17) is 9.84 Å². The van der Waals surface area contributed by atoms with Gasteiger partial charge in [-0.05, 0) is 24.8 Å². The summed E-state index contributed by atoms with van der Waals surface area (Å²) in [6.45, 7) is 0.632. The average molecular weight is 265 g/mol. The summed E-state index contributed by atoms with van der Waals surface area (Å²) in [5, 5.41) is 21.6. The molecular formula is C14H19NO4. The maximum absolute atomic E-state index is 10.9. The summed E-state index contributed by atoms with van der Waals surface area (Å²) < 4.78 is 5.43. The number of hydrogen-bond donors (Lipinski definition) is 3. The monoisotopic (exact) mass is 265 g/mol. The number of hydrogen-bond acceptors (Lipinski definition) is 3. The van der Waals surface area contributed by atoms with E-state index < -0.39 is 18.2 Å². The first-order valence-electron chi connectivity index (χ1n) is 6.50. The SMILES string of the molecule is O=C(O)N[C@@H](Cc1ccccc1)[C@@H](O)[C@@H]1CCCO1. The Morgan fingerprint density at radius 2 is 2.16 bits per heavy atom. The first-order chi connectivity index (χ1) is 9.16. The topological polar surface area (TPSA) is 78.8 Å². The van der Waals surface area contributed by atoms with Crippen molar-refractivity contribution < 1.29 is 19.7 Å². The van der Waals surface area contributed by atoms with Crippen LogP contribution in [0.25, 0.3) is 0 Å². The van der Waals surface area contributed by atoms with Gasteiger partial charge in [0, 0.05) is 6.61 Å². The fourth-order valence-electron chi connectivity index (χ4n) is 2.41. The van der Waals surface area contributed by atoms with Crippen LogP contribution >= 0.6 is 0 Å². The highest BCUT2D eigenvalue weighted by Gasteiger charge is 2.31. The van der Waals surface area contributed by atoms with Crippen molar-refractivity contribution in [1.29, 1.82) is 0 Å². The van der Waals surface area contributed by atoms with Crippen molar-refractivity contribution in [3.05, 3.63) is 35.9 Å². The van der Waals surface area contributed by atoms with Crippen LogP contribution < -0.4 is 5.32 Å².